The zero-order chi connectivity index (χ0) is 19.3. The highest BCUT2D eigenvalue weighted by Gasteiger charge is 2.23. The van der Waals surface area contributed by atoms with E-state index in [-0.39, 0.29) is 18.0 Å². The van der Waals surface area contributed by atoms with Crippen molar-refractivity contribution in [3.8, 4) is 22.8 Å². The highest BCUT2D eigenvalue weighted by Crippen LogP contribution is 2.31. The van der Waals surface area contributed by atoms with Crippen LogP contribution < -0.4 is 14.8 Å². The molecule has 1 aromatic carbocycles. The predicted octanol–water partition coefficient (Wildman–Crippen LogP) is 2.47. The Morgan fingerprint density at radius 3 is 2.50 bits per heavy atom. The van der Waals surface area contributed by atoms with Gasteiger partial charge in [-0.2, -0.15) is 5.10 Å². The first kappa shape index (κ1) is 19.3. The molecule has 0 aliphatic heterocycles. The third kappa shape index (κ3) is 4.75. The Bertz CT molecular complexity index is 798. The monoisotopic (exact) mass is 361 g/mol. The zero-order valence-corrected chi connectivity index (χ0v) is 15.3. The Morgan fingerprint density at radius 1 is 1.19 bits per heavy atom. The van der Waals surface area contributed by atoms with Gasteiger partial charge in [0.05, 0.1) is 19.9 Å². The topological polar surface area (TPSA) is 114 Å². The summed E-state index contributed by atoms with van der Waals surface area (Å²) in [5, 5.41) is 18.5. The summed E-state index contributed by atoms with van der Waals surface area (Å²) < 4.78 is 10.5. The Hall–Kier alpha value is -3.03. The van der Waals surface area contributed by atoms with E-state index < -0.39 is 11.5 Å². The number of nitrogens with one attached hydrogen (secondary N) is 2. The van der Waals surface area contributed by atoms with Crippen molar-refractivity contribution < 1.29 is 24.2 Å². The molecule has 0 aliphatic carbocycles. The summed E-state index contributed by atoms with van der Waals surface area (Å²) in [6.45, 7) is 3.55. The maximum absolute atomic E-state index is 12.4. The first-order chi connectivity index (χ1) is 12.3. The molecule has 0 radical (unpaired) electrons. The van der Waals surface area contributed by atoms with Crippen LogP contribution in [-0.2, 0) is 4.79 Å². The lowest BCUT2D eigenvalue weighted by Crippen LogP contribution is -2.43. The van der Waals surface area contributed by atoms with Crippen LogP contribution in [0.5, 0.6) is 11.5 Å². The summed E-state index contributed by atoms with van der Waals surface area (Å²) in [5.41, 5.74) is 0.991. The van der Waals surface area contributed by atoms with Gasteiger partial charge in [0.1, 0.15) is 5.69 Å². The van der Waals surface area contributed by atoms with E-state index >= 15 is 0 Å². The van der Waals surface area contributed by atoms with Crippen LogP contribution in [0.3, 0.4) is 0 Å². The smallest absolute Gasteiger partial charge is 0.303 e. The van der Waals surface area contributed by atoms with Crippen LogP contribution in [0.1, 0.15) is 37.2 Å². The van der Waals surface area contributed by atoms with Gasteiger partial charge in [0.25, 0.3) is 5.91 Å². The van der Waals surface area contributed by atoms with Gasteiger partial charge in [-0.3, -0.25) is 14.7 Å². The van der Waals surface area contributed by atoms with E-state index in [2.05, 4.69) is 15.5 Å². The maximum atomic E-state index is 12.4. The van der Waals surface area contributed by atoms with Crippen LogP contribution in [0.2, 0.25) is 0 Å². The summed E-state index contributed by atoms with van der Waals surface area (Å²) in [7, 11) is 3.10. The number of rotatable bonds is 8. The minimum absolute atomic E-state index is 0.0207. The van der Waals surface area contributed by atoms with Crippen LogP contribution in [0.25, 0.3) is 11.3 Å². The number of carbonyl (C=O) groups excluding carboxylic acids is 1. The van der Waals surface area contributed by atoms with E-state index in [1.807, 2.05) is 6.07 Å². The lowest BCUT2D eigenvalue weighted by Gasteiger charge is -2.25. The third-order valence-electron chi connectivity index (χ3n) is 3.92. The van der Waals surface area contributed by atoms with Gasteiger partial charge in [-0.15, -0.1) is 0 Å². The molecule has 3 N–H and O–H groups in total. The molecular weight excluding hydrogens is 338 g/mol. The second kappa shape index (κ2) is 7.90. The van der Waals surface area contributed by atoms with Crippen LogP contribution in [0.15, 0.2) is 24.3 Å². The maximum Gasteiger partial charge on any atom is 0.303 e. The fourth-order valence-corrected chi connectivity index (χ4v) is 2.44. The summed E-state index contributed by atoms with van der Waals surface area (Å²) >= 11 is 0. The van der Waals surface area contributed by atoms with Gasteiger partial charge < -0.3 is 19.9 Å². The fraction of sp³-hybridized carbons (Fsp3) is 0.389. The molecular formula is C18H23N3O5. The zero-order valence-electron chi connectivity index (χ0n) is 15.3. The molecule has 0 saturated heterocycles. The first-order valence-corrected chi connectivity index (χ1v) is 8.08. The number of carboxylic acid groups (broad SMARTS) is 1. The molecule has 0 saturated carbocycles. The summed E-state index contributed by atoms with van der Waals surface area (Å²) in [5.74, 6) is -0.0806. The number of amides is 1. The van der Waals surface area contributed by atoms with Gasteiger partial charge in [0.15, 0.2) is 11.5 Å². The molecule has 0 aliphatic rings. The van der Waals surface area contributed by atoms with Crippen molar-refractivity contribution in [2.75, 3.05) is 14.2 Å². The van der Waals surface area contributed by atoms with Crippen molar-refractivity contribution in [1.82, 2.24) is 15.5 Å². The molecule has 1 amide bonds. The molecule has 2 rings (SSSR count). The fourth-order valence-electron chi connectivity index (χ4n) is 2.44. The minimum atomic E-state index is -0.899. The molecule has 2 aromatic rings. The predicted molar refractivity (Wildman–Crippen MR) is 95.5 cm³/mol. The van der Waals surface area contributed by atoms with Crippen molar-refractivity contribution in [2.24, 2.45) is 0 Å². The lowest BCUT2D eigenvalue weighted by atomic mass is 9.98. The third-order valence-corrected chi connectivity index (χ3v) is 3.92. The van der Waals surface area contributed by atoms with Crippen LogP contribution in [0.4, 0.5) is 0 Å². The summed E-state index contributed by atoms with van der Waals surface area (Å²) in [6, 6.07) is 6.98. The number of hydrogen-bond acceptors (Lipinski definition) is 5. The largest absolute Gasteiger partial charge is 0.493 e. The van der Waals surface area contributed by atoms with E-state index in [1.54, 1.807) is 46.3 Å². The highest BCUT2D eigenvalue weighted by atomic mass is 16.5. The number of H-pyrrole nitrogens is 1. The Balaban J connectivity index is 2.14. The van der Waals surface area contributed by atoms with Gasteiger partial charge in [-0.05, 0) is 44.5 Å². The van der Waals surface area contributed by atoms with Crippen LogP contribution in [0, 0.1) is 0 Å². The van der Waals surface area contributed by atoms with E-state index in [0.717, 1.165) is 5.56 Å². The second-order valence-electron chi connectivity index (χ2n) is 6.47. The van der Waals surface area contributed by atoms with Gasteiger partial charge >= 0.3 is 5.97 Å². The molecule has 1 heterocycles. The normalized spacial score (nSPS) is 11.1. The number of carboxylic acids is 1. The first-order valence-electron chi connectivity index (χ1n) is 8.08. The molecule has 0 spiro atoms. The quantitative estimate of drug-likeness (QED) is 0.666. The van der Waals surface area contributed by atoms with Crippen molar-refractivity contribution in [3.05, 3.63) is 30.0 Å². The molecule has 26 heavy (non-hydrogen) atoms. The number of carbonyl (C=O) groups is 2. The van der Waals surface area contributed by atoms with E-state index in [4.69, 9.17) is 14.6 Å². The Morgan fingerprint density at radius 2 is 1.88 bits per heavy atom. The number of nitrogens with zero attached hydrogens (tertiary/aromatic N) is 1. The molecule has 0 atom stereocenters. The molecule has 0 unspecified atom stereocenters. The average Bonchev–Trinajstić information content (AvgIpc) is 3.09. The van der Waals surface area contributed by atoms with Crippen molar-refractivity contribution in [2.45, 2.75) is 32.2 Å². The molecule has 0 bridgehead atoms. The SMILES string of the molecule is COc1ccc(-c2cc(C(=O)NC(C)(C)CCC(=O)O)[nH]n2)cc1OC. The number of aliphatic carboxylic acids is 1. The van der Waals surface area contributed by atoms with Gasteiger partial charge in [0, 0.05) is 17.5 Å². The minimum Gasteiger partial charge on any atom is -0.493 e. The summed E-state index contributed by atoms with van der Waals surface area (Å²) in [6.07, 6.45) is 0.303. The van der Waals surface area contributed by atoms with Crippen molar-refractivity contribution in [3.63, 3.8) is 0 Å². The molecule has 1 aromatic heterocycles. The highest BCUT2D eigenvalue weighted by molar-refractivity contribution is 5.93. The standard InChI is InChI=1S/C18H23N3O5/c1-18(2,8-7-16(22)23)19-17(24)13-10-12(20-21-13)11-5-6-14(25-3)15(9-11)26-4/h5-6,9-10H,7-8H2,1-4H3,(H,19,24)(H,20,21)(H,22,23). The number of hydrogen-bond donors (Lipinski definition) is 3. The molecule has 140 valence electrons. The van der Waals surface area contributed by atoms with E-state index in [0.29, 0.717) is 23.6 Å². The van der Waals surface area contributed by atoms with Crippen LogP contribution >= 0.6 is 0 Å². The average molecular weight is 361 g/mol. The Kier molecular flexibility index (Phi) is 5.86. The molecule has 8 nitrogen and oxygen atoms in total. The Labute approximate surface area is 151 Å². The molecule has 8 heteroatoms. The van der Waals surface area contributed by atoms with Gasteiger partial charge in [0.2, 0.25) is 0 Å². The number of aromatic nitrogens is 2. The van der Waals surface area contributed by atoms with Gasteiger partial charge in [-0.25, -0.2) is 0 Å². The number of aromatic amines is 1. The molecule has 0 fully saturated rings. The van der Waals surface area contributed by atoms with E-state index in [9.17, 15) is 9.59 Å². The van der Waals surface area contributed by atoms with Crippen LogP contribution in [-0.4, -0.2) is 46.9 Å². The number of methoxy groups -OCH3 is 2. The number of ether oxygens (including phenoxy) is 2. The van der Waals surface area contributed by atoms with Crippen molar-refractivity contribution in [1.29, 1.82) is 0 Å². The lowest BCUT2D eigenvalue weighted by molar-refractivity contribution is -0.137. The summed E-state index contributed by atoms with van der Waals surface area (Å²) in [4.78, 5) is 23.1. The second-order valence-corrected chi connectivity index (χ2v) is 6.47. The van der Waals surface area contributed by atoms with Gasteiger partial charge in [-0.1, -0.05) is 0 Å². The number of benzene rings is 1. The van der Waals surface area contributed by atoms with Crippen molar-refractivity contribution >= 4 is 11.9 Å². The van der Waals surface area contributed by atoms with E-state index in [1.165, 1.54) is 0 Å².